The summed E-state index contributed by atoms with van der Waals surface area (Å²) in [5.41, 5.74) is -0.0865. The molecule has 1 aromatic heterocycles. The maximum atomic E-state index is 13.7. The zero-order valence-electron chi connectivity index (χ0n) is 18.7. The van der Waals surface area contributed by atoms with Gasteiger partial charge in [0.25, 0.3) is 5.91 Å². The van der Waals surface area contributed by atoms with E-state index >= 15 is 0 Å². The highest BCUT2D eigenvalue weighted by Crippen LogP contribution is 2.31. The molecule has 8 heteroatoms. The highest BCUT2D eigenvalue weighted by atomic mass is 16.5. The number of methoxy groups -OCH3 is 1. The summed E-state index contributed by atoms with van der Waals surface area (Å²) in [4.78, 5) is 45.2. The number of benzene rings is 1. The lowest BCUT2D eigenvalue weighted by Gasteiger charge is -2.44. The number of esters is 1. The molecule has 2 amide bonds. The predicted molar refractivity (Wildman–Crippen MR) is 118 cm³/mol. The number of rotatable bonds is 5. The van der Waals surface area contributed by atoms with Gasteiger partial charge in [0.2, 0.25) is 5.91 Å². The molecule has 1 aliphatic heterocycles. The molecule has 32 heavy (non-hydrogen) atoms. The standard InChI is InChI=1S/C24H30N4O4/c1-24(23(31)26-18-12-8-3-4-9-13-18)15-27-16-25-19(22(30)32-2)20(27)21(29)28(24)14-17-10-6-5-7-11-17/h5-7,10-11,16,18H,3-4,8-9,12-15H2,1-2H3,(H,26,31). The Bertz CT molecular complexity index is 995. The molecule has 1 fully saturated rings. The summed E-state index contributed by atoms with van der Waals surface area (Å²) in [6.07, 6.45) is 7.93. The number of imidazole rings is 1. The first kappa shape index (κ1) is 22.0. The SMILES string of the molecule is COC(=O)c1ncn2c1C(=O)N(Cc1ccccc1)C(C)(C(=O)NC1CCCCCC1)C2. The van der Waals surface area contributed by atoms with E-state index in [1.807, 2.05) is 30.3 Å². The molecule has 8 nitrogen and oxygen atoms in total. The molecule has 0 saturated heterocycles. The molecule has 2 aromatic rings. The highest BCUT2D eigenvalue weighted by Gasteiger charge is 2.49. The lowest BCUT2D eigenvalue weighted by Crippen LogP contribution is -2.64. The largest absolute Gasteiger partial charge is 0.464 e. The number of carbonyl (C=O) groups is 3. The van der Waals surface area contributed by atoms with E-state index in [0.29, 0.717) is 0 Å². The zero-order chi connectivity index (χ0) is 22.7. The third-order valence-corrected chi connectivity index (χ3v) is 6.60. The van der Waals surface area contributed by atoms with Crippen LogP contribution < -0.4 is 5.32 Å². The van der Waals surface area contributed by atoms with E-state index in [2.05, 4.69) is 10.3 Å². The van der Waals surface area contributed by atoms with Crippen molar-refractivity contribution in [3.05, 3.63) is 53.6 Å². The summed E-state index contributed by atoms with van der Waals surface area (Å²) >= 11 is 0. The van der Waals surface area contributed by atoms with Crippen molar-refractivity contribution in [3.8, 4) is 0 Å². The van der Waals surface area contributed by atoms with Crippen LogP contribution in [0.15, 0.2) is 36.7 Å². The highest BCUT2D eigenvalue weighted by molar-refractivity contribution is 6.06. The molecular weight excluding hydrogens is 408 g/mol. The molecule has 0 spiro atoms. The predicted octanol–water partition coefficient (Wildman–Crippen LogP) is 2.92. The zero-order valence-corrected chi connectivity index (χ0v) is 18.7. The van der Waals surface area contributed by atoms with Crippen LogP contribution in [-0.4, -0.2) is 50.9 Å². The average molecular weight is 439 g/mol. The lowest BCUT2D eigenvalue weighted by atomic mass is 9.92. The Balaban J connectivity index is 1.69. The van der Waals surface area contributed by atoms with Gasteiger partial charge in [0.15, 0.2) is 5.69 Å². The summed E-state index contributed by atoms with van der Waals surface area (Å²) in [7, 11) is 1.26. The van der Waals surface area contributed by atoms with E-state index in [4.69, 9.17) is 4.74 Å². The fourth-order valence-corrected chi connectivity index (χ4v) is 4.71. The Kier molecular flexibility index (Phi) is 6.30. The minimum absolute atomic E-state index is 0.0261. The van der Waals surface area contributed by atoms with Gasteiger partial charge in [-0.1, -0.05) is 56.0 Å². The van der Waals surface area contributed by atoms with Crippen molar-refractivity contribution >= 4 is 17.8 Å². The first-order valence-electron chi connectivity index (χ1n) is 11.2. The maximum Gasteiger partial charge on any atom is 0.359 e. The Morgan fingerprint density at radius 2 is 1.84 bits per heavy atom. The van der Waals surface area contributed by atoms with E-state index in [0.717, 1.165) is 31.2 Å². The summed E-state index contributed by atoms with van der Waals surface area (Å²) in [6, 6.07) is 9.66. The minimum atomic E-state index is -1.12. The number of aromatic nitrogens is 2. The Hall–Kier alpha value is -3.16. The molecule has 1 aliphatic carbocycles. The first-order valence-corrected chi connectivity index (χ1v) is 11.2. The summed E-state index contributed by atoms with van der Waals surface area (Å²) in [5.74, 6) is -1.25. The van der Waals surface area contributed by atoms with Crippen LogP contribution in [0, 0.1) is 0 Å². The molecule has 1 N–H and O–H groups in total. The number of hydrogen-bond donors (Lipinski definition) is 1. The second-order valence-electron chi connectivity index (χ2n) is 8.87. The second-order valence-corrected chi connectivity index (χ2v) is 8.87. The number of nitrogens with one attached hydrogen (secondary N) is 1. The topological polar surface area (TPSA) is 93.5 Å². The van der Waals surface area contributed by atoms with Crippen LogP contribution in [0.1, 0.15) is 72.0 Å². The van der Waals surface area contributed by atoms with E-state index in [9.17, 15) is 14.4 Å². The van der Waals surface area contributed by atoms with Crippen LogP contribution in [0.25, 0.3) is 0 Å². The molecule has 170 valence electrons. The Labute approximate surface area is 187 Å². The van der Waals surface area contributed by atoms with Crippen LogP contribution in [0.2, 0.25) is 0 Å². The molecule has 2 aliphatic rings. The lowest BCUT2D eigenvalue weighted by molar-refractivity contribution is -0.134. The molecule has 1 atom stereocenters. The number of fused-ring (bicyclic) bond motifs is 1. The third-order valence-electron chi connectivity index (χ3n) is 6.60. The van der Waals surface area contributed by atoms with Gasteiger partial charge < -0.3 is 19.5 Å². The first-order chi connectivity index (χ1) is 15.4. The minimum Gasteiger partial charge on any atom is -0.464 e. The van der Waals surface area contributed by atoms with E-state index in [1.54, 1.807) is 16.4 Å². The van der Waals surface area contributed by atoms with E-state index in [-0.39, 0.29) is 36.4 Å². The molecule has 1 unspecified atom stereocenters. The fraction of sp³-hybridized carbons (Fsp3) is 0.500. The molecule has 0 bridgehead atoms. The number of carbonyl (C=O) groups excluding carboxylic acids is 3. The molecule has 0 radical (unpaired) electrons. The average Bonchev–Trinajstić information content (AvgIpc) is 3.04. The summed E-state index contributed by atoms with van der Waals surface area (Å²) < 4.78 is 6.41. The number of nitrogens with zero attached hydrogens (tertiary/aromatic N) is 3. The van der Waals surface area contributed by atoms with Gasteiger partial charge in [-0.25, -0.2) is 9.78 Å². The third kappa shape index (κ3) is 4.13. The quantitative estimate of drug-likeness (QED) is 0.572. The fourth-order valence-electron chi connectivity index (χ4n) is 4.71. The van der Waals surface area contributed by atoms with Crippen molar-refractivity contribution in [1.29, 1.82) is 0 Å². The van der Waals surface area contributed by atoms with Crippen LogP contribution >= 0.6 is 0 Å². The van der Waals surface area contributed by atoms with Crippen molar-refractivity contribution in [1.82, 2.24) is 19.8 Å². The van der Waals surface area contributed by atoms with Crippen molar-refractivity contribution < 1.29 is 19.1 Å². The maximum absolute atomic E-state index is 13.7. The van der Waals surface area contributed by atoms with Gasteiger partial charge in [-0.05, 0) is 25.3 Å². The normalized spacial score (nSPS) is 21.6. The summed E-state index contributed by atoms with van der Waals surface area (Å²) in [6.45, 7) is 2.25. The van der Waals surface area contributed by atoms with Gasteiger partial charge in [-0.15, -0.1) is 0 Å². The van der Waals surface area contributed by atoms with E-state index < -0.39 is 17.4 Å². The van der Waals surface area contributed by atoms with Crippen LogP contribution in [0.4, 0.5) is 0 Å². The summed E-state index contributed by atoms with van der Waals surface area (Å²) in [5, 5.41) is 3.22. The monoisotopic (exact) mass is 438 g/mol. The van der Waals surface area contributed by atoms with Gasteiger partial charge in [-0.3, -0.25) is 9.59 Å². The van der Waals surface area contributed by atoms with Gasteiger partial charge in [0, 0.05) is 12.6 Å². The molecule has 2 heterocycles. The molecule has 1 aromatic carbocycles. The van der Waals surface area contributed by atoms with Gasteiger partial charge >= 0.3 is 5.97 Å². The number of hydrogen-bond acceptors (Lipinski definition) is 5. The van der Waals surface area contributed by atoms with E-state index in [1.165, 1.54) is 26.3 Å². The molecule has 1 saturated carbocycles. The molecular formula is C24H30N4O4. The van der Waals surface area contributed by atoms with Crippen molar-refractivity contribution in [2.75, 3.05) is 7.11 Å². The van der Waals surface area contributed by atoms with Crippen LogP contribution in [-0.2, 0) is 22.6 Å². The van der Waals surface area contributed by atoms with Gasteiger partial charge in [-0.2, -0.15) is 0 Å². The van der Waals surface area contributed by atoms with Crippen LogP contribution in [0.3, 0.4) is 0 Å². The van der Waals surface area contributed by atoms with Crippen molar-refractivity contribution in [3.63, 3.8) is 0 Å². The van der Waals surface area contributed by atoms with Gasteiger partial charge in [0.05, 0.1) is 20.0 Å². The number of amides is 2. The number of ether oxygens (including phenoxy) is 1. The smallest absolute Gasteiger partial charge is 0.359 e. The second kappa shape index (κ2) is 9.14. The van der Waals surface area contributed by atoms with Crippen molar-refractivity contribution in [2.45, 2.75) is 70.1 Å². The van der Waals surface area contributed by atoms with Crippen LogP contribution in [0.5, 0.6) is 0 Å². The van der Waals surface area contributed by atoms with Crippen molar-refractivity contribution in [2.24, 2.45) is 0 Å². The molecule has 4 rings (SSSR count). The van der Waals surface area contributed by atoms with Gasteiger partial charge in [0.1, 0.15) is 11.2 Å². The Morgan fingerprint density at radius 1 is 1.16 bits per heavy atom. The Morgan fingerprint density at radius 3 is 2.50 bits per heavy atom.